The van der Waals surface area contributed by atoms with Crippen LogP contribution in [0.1, 0.15) is 39.3 Å². The van der Waals surface area contributed by atoms with Gasteiger partial charge in [0, 0.05) is 18.8 Å². The standard InChI is InChI=1S/C25H32F2N8O/c1-5-25(12-36-13-25)34-9-8-19(16(26)10-34)31-24-32-23(28)22-21(17(27)11-35(22)33-24)20-7-6-18(15(4)30-20)29-14(2)3/h6-7,11,16,19H,5,8-10,12-13H2,1-4H3,(H3,28,31,32,33). The van der Waals surface area contributed by atoms with Crippen LogP contribution in [0.5, 0.6) is 0 Å². The highest BCUT2D eigenvalue weighted by molar-refractivity contribution is 5.88. The third kappa shape index (κ3) is 4.30. The van der Waals surface area contributed by atoms with Gasteiger partial charge in [0.05, 0.1) is 53.6 Å². The Morgan fingerprint density at radius 1 is 1.31 bits per heavy atom. The Morgan fingerprint density at radius 3 is 2.69 bits per heavy atom. The van der Waals surface area contributed by atoms with Crippen LogP contribution in [0.3, 0.4) is 0 Å². The topological polar surface area (TPSA) is 106 Å². The van der Waals surface area contributed by atoms with Crippen LogP contribution >= 0.6 is 0 Å². The first-order valence-electron chi connectivity index (χ1n) is 12.3. The molecule has 192 valence electrons. The second-order valence-corrected chi connectivity index (χ2v) is 9.90. The van der Waals surface area contributed by atoms with E-state index < -0.39 is 18.0 Å². The smallest absolute Gasteiger partial charge is 0.243 e. The lowest BCUT2D eigenvalue weighted by atomic mass is 9.88. The van der Waals surface area contributed by atoms with E-state index in [4.69, 9.17) is 10.5 Å². The molecule has 3 aromatic heterocycles. The Hall–Kier alpha value is -3.18. The summed E-state index contributed by atoms with van der Waals surface area (Å²) in [6.07, 6.45) is 1.65. The van der Waals surface area contributed by atoms with E-state index in [0.717, 1.165) is 24.4 Å². The van der Waals surface area contributed by atoms with Gasteiger partial charge in [-0.15, -0.1) is 5.10 Å². The Kier molecular flexibility index (Phi) is 6.37. The molecule has 0 aliphatic carbocycles. The summed E-state index contributed by atoms with van der Waals surface area (Å²) in [5.74, 6) is -0.277. The molecule has 11 heteroatoms. The molecule has 2 saturated heterocycles. The van der Waals surface area contributed by atoms with Crippen molar-refractivity contribution in [3.63, 3.8) is 0 Å². The molecule has 2 aliphatic heterocycles. The van der Waals surface area contributed by atoms with Crippen molar-refractivity contribution in [3.8, 4) is 11.3 Å². The van der Waals surface area contributed by atoms with Crippen molar-refractivity contribution in [2.24, 2.45) is 4.99 Å². The van der Waals surface area contributed by atoms with Gasteiger partial charge in [0.1, 0.15) is 11.7 Å². The number of aliphatic imine (C=N–C) groups is 1. The van der Waals surface area contributed by atoms with Crippen LogP contribution in [-0.4, -0.2) is 74.2 Å². The number of nitrogens with zero attached hydrogens (tertiary/aromatic N) is 6. The fourth-order valence-electron chi connectivity index (χ4n) is 5.05. The number of hydrogen-bond acceptors (Lipinski definition) is 8. The van der Waals surface area contributed by atoms with Gasteiger partial charge in [0.2, 0.25) is 5.95 Å². The number of alkyl halides is 1. The molecule has 5 rings (SSSR count). The van der Waals surface area contributed by atoms with E-state index in [1.54, 1.807) is 12.1 Å². The molecule has 2 fully saturated rings. The Morgan fingerprint density at radius 2 is 2.08 bits per heavy atom. The van der Waals surface area contributed by atoms with E-state index in [1.165, 1.54) is 10.7 Å². The molecule has 5 heterocycles. The van der Waals surface area contributed by atoms with E-state index >= 15 is 8.78 Å². The minimum atomic E-state index is -1.11. The number of rotatable bonds is 6. The van der Waals surface area contributed by atoms with Crippen LogP contribution in [-0.2, 0) is 4.74 Å². The van der Waals surface area contributed by atoms with Crippen LogP contribution in [0.25, 0.3) is 16.8 Å². The highest BCUT2D eigenvalue weighted by Gasteiger charge is 2.46. The summed E-state index contributed by atoms with van der Waals surface area (Å²) < 4.78 is 37.0. The predicted molar refractivity (Wildman–Crippen MR) is 136 cm³/mol. The molecule has 2 atom stereocenters. The number of nitrogens with one attached hydrogen (secondary N) is 1. The number of nitrogens with two attached hydrogens (primary N) is 1. The van der Waals surface area contributed by atoms with E-state index in [9.17, 15) is 0 Å². The van der Waals surface area contributed by atoms with Gasteiger partial charge < -0.3 is 15.8 Å². The summed E-state index contributed by atoms with van der Waals surface area (Å²) in [5, 5.41) is 7.47. The Bertz CT molecular complexity index is 1310. The van der Waals surface area contributed by atoms with Crippen molar-refractivity contribution < 1.29 is 13.5 Å². The summed E-state index contributed by atoms with van der Waals surface area (Å²) in [4.78, 5) is 15.5. The van der Waals surface area contributed by atoms with E-state index in [1.807, 2.05) is 20.8 Å². The fourth-order valence-corrected chi connectivity index (χ4v) is 5.05. The van der Waals surface area contributed by atoms with Crippen LogP contribution in [0.4, 0.5) is 26.2 Å². The Balaban J connectivity index is 1.39. The first-order valence-corrected chi connectivity index (χ1v) is 12.3. The second kappa shape index (κ2) is 9.36. The summed E-state index contributed by atoms with van der Waals surface area (Å²) in [6, 6.07) is 3.04. The third-order valence-electron chi connectivity index (χ3n) is 7.20. The maximum atomic E-state index is 15.1. The number of fused-ring (bicyclic) bond motifs is 1. The van der Waals surface area contributed by atoms with Crippen molar-refractivity contribution in [2.45, 2.75) is 58.3 Å². The van der Waals surface area contributed by atoms with E-state index in [-0.39, 0.29) is 22.9 Å². The predicted octanol–water partition coefficient (Wildman–Crippen LogP) is 3.94. The number of pyridine rings is 1. The molecule has 0 radical (unpaired) electrons. The number of halogens is 2. The van der Waals surface area contributed by atoms with Gasteiger partial charge in [0.15, 0.2) is 11.6 Å². The van der Waals surface area contributed by atoms with Crippen LogP contribution in [0, 0.1) is 12.7 Å². The number of anilines is 2. The minimum Gasteiger partial charge on any atom is -0.382 e. The zero-order valence-electron chi connectivity index (χ0n) is 21.1. The lowest BCUT2D eigenvalue weighted by Crippen LogP contribution is -2.66. The monoisotopic (exact) mass is 498 g/mol. The number of nitrogen functional groups attached to an aromatic ring is 1. The zero-order valence-corrected chi connectivity index (χ0v) is 21.1. The lowest BCUT2D eigenvalue weighted by molar-refractivity contribution is -0.153. The summed E-state index contributed by atoms with van der Waals surface area (Å²) in [5.41, 5.74) is 9.44. The van der Waals surface area contributed by atoms with Crippen LogP contribution in [0.2, 0.25) is 0 Å². The third-order valence-corrected chi connectivity index (χ3v) is 7.20. The van der Waals surface area contributed by atoms with Gasteiger partial charge in [0.25, 0.3) is 0 Å². The van der Waals surface area contributed by atoms with Gasteiger partial charge >= 0.3 is 0 Å². The molecule has 9 nitrogen and oxygen atoms in total. The van der Waals surface area contributed by atoms with Gasteiger partial charge in [-0.05, 0) is 45.7 Å². The highest BCUT2D eigenvalue weighted by atomic mass is 19.1. The molecule has 0 bridgehead atoms. The average molecular weight is 499 g/mol. The number of piperidine rings is 1. The van der Waals surface area contributed by atoms with E-state index in [0.29, 0.717) is 43.1 Å². The largest absolute Gasteiger partial charge is 0.382 e. The molecule has 2 aliphatic rings. The second-order valence-electron chi connectivity index (χ2n) is 9.90. The molecule has 0 amide bonds. The van der Waals surface area contributed by atoms with Crippen molar-refractivity contribution in [1.82, 2.24) is 24.5 Å². The molecule has 3 N–H and O–H groups in total. The van der Waals surface area contributed by atoms with Crippen LogP contribution < -0.4 is 11.1 Å². The summed E-state index contributed by atoms with van der Waals surface area (Å²) >= 11 is 0. The van der Waals surface area contributed by atoms with Gasteiger partial charge in [-0.3, -0.25) is 14.9 Å². The fraction of sp³-hybridized carbons (Fsp3) is 0.520. The van der Waals surface area contributed by atoms with E-state index in [2.05, 4.69) is 37.2 Å². The first kappa shape index (κ1) is 24.5. The number of aromatic nitrogens is 4. The molecule has 0 spiro atoms. The van der Waals surface area contributed by atoms with Crippen molar-refractivity contribution in [1.29, 1.82) is 0 Å². The van der Waals surface area contributed by atoms with Gasteiger partial charge in [-0.2, -0.15) is 4.98 Å². The molecule has 3 aromatic rings. The Labute approximate surface area is 208 Å². The average Bonchev–Trinajstić information content (AvgIpc) is 3.12. The molecule has 2 unspecified atom stereocenters. The highest BCUT2D eigenvalue weighted by Crippen LogP contribution is 2.34. The maximum Gasteiger partial charge on any atom is 0.243 e. The number of ether oxygens (including phenoxy) is 1. The van der Waals surface area contributed by atoms with Crippen molar-refractivity contribution in [3.05, 3.63) is 29.8 Å². The summed E-state index contributed by atoms with van der Waals surface area (Å²) in [6.45, 7) is 10.1. The number of likely N-dealkylation sites (tertiary alicyclic amines) is 1. The molecule has 36 heavy (non-hydrogen) atoms. The lowest BCUT2D eigenvalue weighted by Gasteiger charge is -2.52. The zero-order chi connectivity index (χ0) is 25.6. The number of hydrogen-bond donors (Lipinski definition) is 2. The van der Waals surface area contributed by atoms with Crippen molar-refractivity contribution in [2.75, 3.05) is 37.4 Å². The first-order chi connectivity index (χ1) is 17.2. The minimum absolute atomic E-state index is 0.0550. The van der Waals surface area contributed by atoms with Crippen molar-refractivity contribution >= 4 is 28.7 Å². The normalized spacial score (nSPS) is 21.8. The SMILES string of the molecule is CCC1(N2CCC(Nc3nc(N)c4c(-c5ccc(N=C(C)C)c(C)n5)c(F)cn4n3)C(F)C2)COC1. The van der Waals surface area contributed by atoms with Crippen LogP contribution in [0.15, 0.2) is 23.3 Å². The quantitative estimate of drug-likeness (QED) is 0.496. The number of aryl methyl sites for hydroxylation is 1. The molecule has 0 aromatic carbocycles. The molecular weight excluding hydrogens is 466 g/mol. The van der Waals surface area contributed by atoms with Gasteiger partial charge in [-0.1, -0.05) is 6.92 Å². The van der Waals surface area contributed by atoms with Gasteiger partial charge in [-0.25, -0.2) is 13.3 Å². The molecule has 0 saturated carbocycles. The molecular formula is C25H32F2N8O. The summed E-state index contributed by atoms with van der Waals surface area (Å²) in [7, 11) is 0. The maximum absolute atomic E-state index is 15.1.